The number of aryl methyl sites for hydroxylation is 2. The van der Waals surface area contributed by atoms with Gasteiger partial charge in [0.15, 0.2) is 0 Å². The standard InChI is InChI=1S/C50H37N/c1-34-16-12-13-23-42(34)45-33-41(28-26-35(45)2)50(40-21-10-5-11-22-40)46-25-15-14-24-43(46)44-29-27-38(30-47(44)50)49-32-39(36-17-6-3-7-18-36)31-48(51-49)37-19-8-4-9-20-37/h3-33H,1-2H3. The zero-order valence-electron chi connectivity index (χ0n) is 28.8. The molecule has 0 saturated heterocycles. The first-order valence-electron chi connectivity index (χ1n) is 17.7. The summed E-state index contributed by atoms with van der Waals surface area (Å²) in [6.07, 6.45) is 0. The number of fused-ring (bicyclic) bond motifs is 3. The molecule has 9 rings (SSSR count). The number of nitrogens with zero attached hydrogens (tertiary/aromatic N) is 1. The van der Waals surface area contributed by atoms with Gasteiger partial charge in [0.05, 0.1) is 16.8 Å². The van der Waals surface area contributed by atoms with E-state index in [0.717, 1.165) is 28.1 Å². The first-order chi connectivity index (χ1) is 25.1. The molecule has 1 unspecified atom stereocenters. The average Bonchev–Trinajstić information content (AvgIpc) is 3.50. The maximum Gasteiger partial charge on any atom is 0.0715 e. The van der Waals surface area contributed by atoms with Gasteiger partial charge in [0.25, 0.3) is 0 Å². The van der Waals surface area contributed by atoms with Crippen molar-refractivity contribution in [1.29, 1.82) is 0 Å². The minimum atomic E-state index is -0.534. The van der Waals surface area contributed by atoms with Crippen molar-refractivity contribution in [2.45, 2.75) is 19.3 Å². The summed E-state index contributed by atoms with van der Waals surface area (Å²) in [5.74, 6) is 0. The van der Waals surface area contributed by atoms with Crippen LogP contribution in [0, 0.1) is 13.8 Å². The molecule has 1 nitrogen and oxygen atoms in total. The third-order valence-corrected chi connectivity index (χ3v) is 10.7. The second-order valence-electron chi connectivity index (χ2n) is 13.6. The van der Waals surface area contributed by atoms with E-state index in [4.69, 9.17) is 4.98 Å². The van der Waals surface area contributed by atoms with Crippen molar-refractivity contribution in [1.82, 2.24) is 4.98 Å². The Balaban J connectivity index is 1.33. The van der Waals surface area contributed by atoms with E-state index < -0.39 is 5.41 Å². The van der Waals surface area contributed by atoms with Gasteiger partial charge in [0.2, 0.25) is 0 Å². The van der Waals surface area contributed by atoms with E-state index in [2.05, 4.69) is 202 Å². The lowest BCUT2D eigenvalue weighted by Crippen LogP contribution is -2.28. The molecule has 1 heteroatoms. The highest BCUT2D eigenvalue weighted by Crippen LogP contribution is 2.57. The van der Waals surface area contributed by atoms with Crippen molar-refractivity contribution in [3.05, 3.63) is 221 Å². The molecule has 242 valence electrons. The molecular formula is C50H37N. The quantitative estimate of drug-likeness (QED) is 0.174. The van der Waals surface area contributed by atoms with Crippen molar-refractivity contribution in [2.24, 2.45) is 0 Å². The Hall–Kier alpha value is -6.31. The first-order valence-corrected chi connectivity index (χ1v) is 17.7. The van der Waals surface area contributed by atoms with Crippen LogP contribution in [0.15, 0.2) is 188 Å². The van der Waals surface area contributed by atoms with Crippen molar-refractivity contribution < 1.29 is 0 Å². The molecule has 0 radical (unpaired) electrons. The number of benzene rings is 7. The lowest BCUT2D eigenvalue weighted by atomic mass is 9.67. The topological polar surface area (TPSA) is 12.9 Å². The van der Waals surface area contributed by atoms with Crippen LogP contribution < -0.4 is 0 Å². The molecule has 1 aliphatic rings. The summed E-state index contributed by atoms with van der Waals surface area (Å²) in [5, 5.41) is 0. The van der Waals surface area contributed by atoms with E-state index in [1.807, 2.05) is 0 Å². The van der Waals surface area contributed by atoms with Gasteiger partial charge in [-0.2, -0.15) is 0 Å². The molecule has 0 aliphatic heterocycles. The van der Waals surface area contributed by atoms with E-state index in [1.165, 1.54) is 61.2 Å². The zero-order chi connectivity index (χ0) is 34.4. The molecule has 0 spiro atoms. The summed E-state index contributed by atoms with van der Waals surface area (Å²) in [7, 11) is 0. The van der Waals surface area contributed by atoms with E-state index in [9.17, 15) is 0 Å². The molecule has 1 heterocycles. The van der Waals surface area contributed by atoms with Crippen LogP contribution in [0.4, 0.5) is 0 Å². The fourth-order valence-corrected chi connectivity index (χ4v) is 8.17. The van der Waals surface area contributed by atoms with Crippen LogP contribution in [0.3, 0.4) is 0 Å². The highest BCUT2D eigenvalue weighted by molar-refractivity contribution is 5.89. The number of rotatable bonds is 6. The van der Waals surface area contributed by atoms with Crippen molar-refractivity contribution >= 4 is 0 Å². The smallest absolute Gasteiger partial charge is 0.0715 e. The third kappa shape index (κ3) is 5.13. The van der Waals surface area contributed by atoms with Gasteiger partial charge < -0.3 is 0 Å². The van der Waals surface area contributed by atoms with Crippen molar-refractivity contribution in [3.63, 3.8) is 0 Å². The molecule has 1 atom stereocenters. The molecule has 0 saturated carbocycles. The number of hydrogen-bond donors (Lipinski definition) is 0. The van der Waals surface area contributed by atoms with E-state index in [-0.39, 0.29) is 0 Å². The summed E-state index contributed by atoms with van der Waals surface area (Å²) < 4.78 is 0. The van der Waals surface area contributed by atoms with Gasteiger partial charge in [-0.25, -0.2) is 4.98 Å². The van der Waals surface area contributed by atoms with Gasteiger partial charge >= 0.3 is 0 Å². The fraction of sp³-hybridized carbons (Fsp3) is 0.0600. The summed E-state index contributed by atoms with van der Waals surface area (Å²) in [4.78, 5) is 5.34. The lowest BCUT2D eigenvalue weighted by molar-refractivity contribution is 0.768. The van der Waals surface area contributed by atoms with E-state index in [1.54, 1.807) is 0 Å². The van der Waals surface area contributed by atoms with Crippen LogP contribution in [-0.4, -0.2) is 4.98 Å². The molecule has 8 aromatic rings. The van der Waals surface area contributed by atoms with Crippen LogP contribution in [0.2, 0.25) is 0 Å². The highest BCUT2D eigenvalue weighted by atomic mass is 14.7. The summed E-state index contributed by atoms with van der Waals surface area (Å²) in [6.45, 7) is 4.44. The average molecular weight is 652 g/mol. The monoisotopic (exact) mass is 651 g/mol. The molecule has 1 aliphatic carbocycles. The van der Waals surface area contributed by atoms with Crippen molar-refractivity contribution in [3.8, 4) is 55.9 Å². The Morgan fingerprint density at radius 2 is 0.902 bits per heavy atom. The van der Waals surface area contributed by atoms with Crippen LogP contribution in [0.1, 0.15) is 33.4 Å². The molecule has 1 aromatic heterocycles. The van der Waals surface area contributed by atoms with Gasteiger partial charge in [-0.15, -0.1) is 0 Å². The number of pyridine rings is 1. The maximum absolute atomic E-state index is 5.34. The molecule has 0 N–H and O–H groups in total. The van der Waals surface area contributed by atoms with Crippen LogP contribution in [0.5, 0.6) is 0 Å². The Morgan fingerprint density at radius 3 is 1.63 bits per heavy atom. The number of aromatic nitrogens is 1. The van der Waals surface area contributed by atoms with Gasteiger partial charge in [-0.05, 0) is 105 Å². The predicted molar refractivity (Wildman–Crippen MR) is 213 cm³/mol. The van der Waals surface area contributed by atoms with Gasteiger partial charge in [0.1, 0.15) is 0 Å². The second-order valence-corrected chi connectivity index (χ2v) is 13.6. The fourth-order valence-electron chi connectivity index (χ4n) is 8.17. The third-order valence-electron chi connectivity index (χ3n) is 10.7. The second kappa shape index (κ2) is 12.5. The molecular weight excluding hydrogens is 615 g/mol. The molecule has 0 amide bonds. The molecule has 51 heavy (non-hydrogen) atoms. The van der Waals surface area contributed by atoms with Gasteiger partial charge in [0, 0.05) is 11.1 Å². The highest BCUT2D eigenvalue weighted by Gasteiger charge is 2.46. The van der Waals surface area contributed by atoms with Crippen LogP contribution >= 0.6 is 0 Å². The van der Waals surface area contributed by atoms with E-state index >= 15 is 0 Å². The lowest BCUT2D eigenvalue weighted by Gasteiger charge is -2.34. The Labute approximate surface area is 300 Å². The first kappa shape index (κ1) is 30.7. The SMILES string of the molecule is Cc1ccccc1-c1cc(C2(c3ccccc3)c3ccccc3-c3ccc(-c4cc(-c5ccccc5)cc(-c5ccccc5)n4)cc32)ccc1C. The largest absolute Gasteiger partial charge is 0.248 e. The van der Waals surface area contributed by atoms with Gasteiger partial charge in [-0.3, -0.25) is 0 Å². The zero-order valence-corrected chi connectivity index (χ0v) is 28.8. The Kier molecular flexibility index (Phi) is 7.55. The summed E-state index contributed by atoms with van der Waals surface area (Å²) in [6, 6.07) is 68.5. The van der Waals surface area contributed by atoms with Crippen LogP contribution in [0.25, 0.3) is 55.9 Å². The van der Waals surface area contributed by atoms with Crippen molar-refractivity contribution in [2.75, 3.05) is 0 Å². The number of hydrogen-bond acceptors (Lipinski definition) is 1. The summed E-state index contributed by atoms with van der Waals surface area (Å²) >= 11 is 0. The minimum Gasteiger partial charge on any atom is -0.248 e. The summed E-state index contributed by atoms with van der Waals surface area (Å²) in [5.41, 5.74) is 18.6. The minimum absolute atomic E-state index is 0.534. The van der Waals surface area contributed by atoms with Gasteiger partial charge in [-0.1, -0.05) is 164 Å². The van der Waals surface area contributed by atoms with E-state index in [0.29, 0.717) is 0 Å². The normalized spacial score (nSPS) is 14.5. The molecule has 7 aromatic carbocycles. The molecule has 0 bridgehead atoms. The molecule has 0 fully saturated rings. The van der Waals surface area contributed by atoms with Crippen LogP contribution in [-0.2, 0) is 5.41 Å². The Bertz CT molecular complexity index is 2470. The maximum atomic E-state index is 5.34. The predicted octanol–water partition coefficient (Wildman–Crippen LogP) is 12.7. The Morgan fingerprint density at radius 1 is 0.333 bits per heavy atom.